The number of hydrogen-bond acceptors (Lipinski definition) is 4. The molecule has 20 heavy (non-hydrogen) atoms. The molecule has 0 amide bonds. The molecule has 1 atom stereocenters. The molecule has 0 saturated carbocycles. The van der Waals surface area contributed by atoms with Gasteiger partial charge in [0.15, 0.2) is 0 Å². The van der Waals surface area contributed by atoms with Crippen molar-refractivity contribution >= 4 is 15.9 Å². The quantitative estimate of drug-likeness (QED) is 0.846. The number of piperidine rings is 1. The Morgan fingerprint density at radius 2 is 2.25 bits per heavy atom. The molecule has 0 bridgehead atoms. The van der Waals surface area contributed by atoms with Crippen molar-refractivity contribution in [2.24, 2.45) is 5.73 Å². The lowest BCUT2D eigenvalue weighted by Gasteiger charge is -2.33. The molecule has 8 heteroatoms. The van der Waals surface area contributed by atoms with Crippen LogP contribution in [-0.4, -0.2) is 41.6 Å². The van der Waals surface area contributed by atoms with Crippen molar-refractivity contribution in [2.75, 3.05) is 17.8 Å². The van der Waals surface area contributed by atoms with Crippen LogP contribution < -0.4 is 10.5 Å². The van der Waals surface area contributed by atoms with Crippen LogP contribution in [0.5, 0.6) is 0 Å². The number of rotatable bonds is 5. The van der Waals surface area contributed by atoms with E-state index in [0.717, 1.165) is 19.3 Å². The normalized spacial score (nSPS) is 21.3. The molecular weight excluding hydrogens is 278 g/mol. The van der Waals surface area contributed by atoms with Crippen LogP contribution in [0.1, 0.15) is 39.2 Å². The van der Waals surface area contributed by atoms with Gasteiger partial charge in [-0.1, -0.05) is 6.42 Å². The highest BCUT2D eigenvalue weighted by molar-refractivity contribution is 7.90. The maximum Gasteiger partial charge on any atom is 0.302 e. The fraction of sp³-hybridized carbons (Fsp3) is 0.750. The predicted molar refractivity (Wildman–Crippen MR) is 78.6 cm³/mol. The third kappa shape index (κ3) is 3.31. The second-order valence-electron chi connectivity index (χ2n) is 5.41. The second-order valence-corrected chi connectivity index (χ2v) is 7.03. The number of anilines is 1. The molecule has 1 aliphatic rings. The van der Waals surface area contributed by atoms with Crippen molar-refractivity contribution in [1.82, 2.24) is 14.1 Å². The van der Waals surface area contributed by atoms with Gasteiger partial charge in [-0.15, -0.1) is 0 Å². The summed E-state index contributed by atoms with van der Waals surface area (Å²) in [6.07, 6.45) is 5.95. The molecule has 1 unspecified atom stereocenters. The first-order chi connectivity index (χ1) is 9.44. The fourth-order valence-electron chi connectivity index (χ4n) is 2.41. The Hall–Kier alpha value is -1.12. The van der Waals surface area contributed by atoms with Crippen molar-refractivity contribution in [1.29, 1.82) is 0 Å². The standard InChI is InChI=1S/C12H23N5O2S/c1-10(2)16-9-11(8-14-16)15-20(18,19)17-6-4-3-5-12(17)7-13/h8-10,12,15H,3-7,13H2,1-2H3. The number of aromatic nitrogens is 2. The topological polar surface area (TPSA) is 93.2 Å². The summed E-state index contributed by atoms with van der Waals surface area (Å²) in [4.78, 5) is 0. The molecule has 2 heterocycles. The van der Waals surface area contributed by atoms with Gasteiger partial charge < -0.3 is 5.73 Å². The van der Waals surface area contributed by atoms with Crippen LogP contribution in [0.15, 0.2) is 12.4 Å². The van der Waals surface area contributed by atoms with Crippen LogP contribution in [0.25, 0.3) is 0 Å². The molecule has 0 aromatic carbocycles. The first-order valence-electron chi connectivity index (χ1n) is 6.98. The number of nitrogens with zero attached hydrogens (tertiary/aromatic N) is 3. The smallest absolute Gasteiger partial charge is 0.302 e. The molecule has 3 N–H and O–H groups in total. The molecule has 114 valence electrons. The Morgan fingerprint density at radius 3 is 2.85 bits per heavy atom. The maximum absolute atomic E-state index is 12.4. The first-order valence-corrected chi connectivity index (χ1v) is 8.42. The number of hydrogen-bond donors (Lipinski definition) is 2. The molecular formula is C12H23N5O2S. The van der Waals surface area contributed by atoms with Gasteiger partial charge in [0, 0.05) is 31.4 Å². The van der Waals surface area contributed by atoms with Gasteiger partial charge in [0.25, 0.3) is 0 Å². The van der Waals surface area contributed by atoms with E-state index in [9.17, 15) is 8.42 Å². The first kappa shape index (κ1) is 15.3. The van der Waals surface area contributed by atoms with E-state index in [2.05, 4.69) is 9.82 Å². The Bertz CT molecular complexity index is 540. The van der Waals surface area contributed by atoms with Crippen molar-refractivity contribution in [2.45, 2.75) is 45.2 Å². The highest BCUT2D eigenvalue weighted by Crippen LogP contribution is 2.21. The molecule has 0 radical (unpaired) electrons. The molecule has 1 aliphatic heterocycles. The minimum Gasteiger partial charge on any atom is -0.329 e. The Labute approximate surface area is 120 Å². The van der Waals surface area contributed by atoms with Crippen LogP contribution in [0.2, 0.25) is 0 Å². The van der Waals surface area contributed by atoms with E-state index < -0.39 is 10.2 Å². The Morgan fingerprint density at radius 1 is 1.50 bits per heavy atom. The summed E-state index contributed by atoms with van der Waals surface area (Å²) in [5, 5.41) is 4.13. The van der Waals surface area contributed by atoms with Crippen LogP contribution in [-0.2, 0) is 10.2 Å². The zero-order valence-electron chi connectivity index (χ0n) is 12.0. The van der Waals surface area contributed by atoms with Gasteiger partial charge in [-0.05, 0) is 26.7 Å². The van der Waals surface area contributed by atoms with Gasteiger partial charge in [-0.25, -0.2) is 0 Å². The lowest BCUT2D eigenvalue weighted by atomic mass is 10.1. The Kier molecular flexibility index (Phi) is 4.66. The predicted octanol–water partition coefficient (Wildman–Crippen LogP) is 0.934. The van der Waals surface area contributed by atoms with Crippen LogP contribution in [0, 0.1) is 0 Å². The van der Waals surface area contributed by atoms with E-state index in [1.165, 1.54) is 10.5 Å². The largest absolute Gasteiger partial charge is 0.329 e. The van der Waals surface area contributed by atoms with Crippen LogP contribution in [0.4, 0.5) is 5.69 Å². The van der Waals surface area contributed by atoms with E-state index in [1.807, 2.05) is 13.8 Å². The van der Waals surface area contributed by atoms with E-state index in [1.54, 1.807) is 10.9 Å². The molecule has 1 fully saturated rings. The summed E-state index contributed by atoms with van der Waals surface area (Å²) >= 11 is 0. The summed E-state index contributed by atoms with van der Waals surface area (Å²) in [5.41, 5.74) is 6.16. The van der Waals surface area contributed by atoms with E-state index in [4.69, 9.17) is 5.73 Å². The van der Waals surface area contributed by atoms with Gasteiger partial charge in [0.05, 0.1) is 11.9 Å². The molecule has 1 saturated heterocycles. The lowest BCUT2D eigenvalue weighted by Crippen LogP contribution is -2.49. The SMILES string of the molecule is CC(C)n1cc(NS(=O)(=O)N2CCCCC2CN)cn1. The third-order valence-corrected chi connectivity index (χ3v) is 5.12. The molecule has 1 aromatic rings. The number of nitrogens with one attached hydrogen (secondary N) is 1. The second kappa shape index (κ2) is 6.11. The maximum atomic E-state index is 12.4. The molecule has 2 rings (SSSR count). The van der Waals surface area contributed by atoms with Gasteiger partial charge in [0.1, 0.15) is 0 Å². The third-order valence-electron chi connectivity index (χ3n) is 3.53. The molecule has 0 aliphatic carbocycles. The zero-order chi connectivity index (χ0) is 14.8. The van der Waals surface area contributed by atoms with E-state index in [0.29, 0.717) is 18.8 Å². The average molecular weight is 301 g/mol. The summed E-state index contributed by atoms with van der Waals surface area (Å²) in [6, 6.07) is 0.0847. The van der Waals surface area contributed by atoms with Crippen molar-refractivity contribution in [3.8, 4) is 0 Å². The van der Waals surface area contributed by atoms with Gasteiger partial charge in [-0.3, -0.25) is 9.40 Å². The monoisotopic (exact) mass is 301 g/mol. The molecule has 1 aromatic heterocycles. The fourth-order valence-corrected chi connectivity index (χ4v) is 3.88. The minimum atomic E-state index is -3.56. The van der Waals surface area contributed by atoms with Crippen molar-refractivity contribution in [3.05, 3.63) is 12.4 Å². The van der Waals surface area contributed by atoms with Crippen LogP contribution >= 0.6 is 0 Å². The van der Waals surface area contributed by atoms with Gasteiger partial charge >= 0.3 is 10.2 Å². The number of nitrogens with two attached hydrogens (primary N) is 1. The minimum absolute atomic E-state index is 0.110. The summed E-state index contributed by atoms with van der Waals surface area (Å²) in [6.45, 7) is 4.85. The van der Waals surface area contributed by atoms with Crippen LogP contribution in [0.3, 0.4) is 0 Å². The molecule has 7 nitrogen and oxygen atoms in total. The van der Waals surface area contributed by atoms with E-state index in [-0.39, 0.29) is 12.1 Å². The summed E-state index contributed by atoms with van der Waals surface area (Å²) < 4.78 is 30.6. The van der Waals surface area contributed by atoms with Crippen molar-refractivity contribution < 1.29 is 8.42 Å². The van der Waals surface area contributed by atoms with E-state index >= 15 is 0 Å². The highest BCUT2D eigenvalue weighted by Gasteiger charge is 2.31. The van der Waals surface area contributed by atoms with Gasteiger partial charge in [0.2, 0.25) is 0 Å². The average Bonchev–Trinajstić information content (AvgIpc) is 2.86. The highest BCUT2D eigenvalue weighted by atomic mass is 32.2. The van der Waals surface area contributed by atoms with Gasteiger partial charge in [-0.2, -0.15) is 17.8 Å². The lowest BCUT2D eigenvalue weighted by molar-refractivity contribution is 0.259. The van der Waals surface area contributed by atoms with Crippen molar-refractivity contribution in [3.63, 3.8) is 0 Å². The summed E-state index contributed by atoms with van der Waals surface area (Å²) in [5.74, 6) is 0. The zero-order valence-corrected chi connectivity index (χ0v) is 12.8. The molecule has 0 spiro atoms. The summed E-state index contributed by atoms with van der Waals surface area (Å²) in [7, 11) is -3.56. The Balaban J connectivity index is 2.13.